The molecule has 0 aliphatic heterocycles. The Morgan fingerprint density at radius 1 is 1.17 bits per heavy atom. The average molecular weight is 441 g/mol. The van der Waals surface area contributed by atoms with E-state index >= 15 is 0 Å². The lowest BCUT2D eigenvalue weighted by Crippen LogP contribution is -2.35. The van der Waals surface area contributed by atoms with Crippen LogP contribution >= 0.6 is 11.3 Å². The minimum Gasteiger partial charge on any atom is -0.495 e. The molecule has 4 N–H and O–H groups in total. The number of carbonyl (C=O) groups excluding carboxylic acids is 3. The van der Waals surface area contributed by atoms with E-state index in [1.165, 1.54) is 12.5 Å². The van der Waals surface area contributed by atoms with Crippen LogP contribution in [-0.4, -0.2) is 46.5 Å². The Kier molecular flexibility index (Phi) is 7.31. The molecule has 0 spiro atoms. The number of esters is 1. The van der Waals surface area contributed by atoms with Crippen LogP contribution in [0.1, 0.15) is 15.9 Å². The Bertz CT molecular complexity index is 1030. The second kappa shape index (κ2) is 9.49. The molecule has 0 fully saturated rings. The fourth-order valence-corrected chi connectivity index (χ4v) is 3.71. The van der Waals surface area contributed by atoms with Gasteiger partial charge in [-0.3, -0.25) is 9.59 Å². The average Bonchev–Trinajstić information content (AvgIpc) is 3.15. The highest BCUT2D eigenvalue weighted by Gasteiger charge is 2.17. The van der Waals surface area contributed by atoms with Crippen molar-refractivity contribution in [2.24, 2.45) is 5.14 Å². The van der Waals surface area contributed by atoms with Crippen LogP contribution in [0.5, 0.6) is 5.75 Å². The molecule has 0 aliphatic carbocycles. The van der Waals surface area contributed by atoms with E-state index in [4.69, 9.17) is 14.6 Å². The first-order valence-corrected chi connectivity index (χ1v) is 10.5. The van der Waals surface area contributed by atoms with E-state index in [2.05, 4.69) is 10.6 Å². The van der Waals surface area contributed by atoms with Gasteiger partial charge in [-0.15, -0.1) is 11.3 Å². The number of sulfonamides is 1. The molecule has 0 atom stereocenters. The first-order chi connectivity index (χ1) is 13.6. The Hall–Kier alpha value is -2.96. The van der Waals surface area contributed by atoms with E-state index in [-0.39, 0.29) is 16.3 Å². The van der Waals surface area contributed by atoms with Crippen molar-refractivity contribution in [2.45, 2.75) is 11.1 Å². The molecule has 12 heteroatoms. The number of methoxy groups -OCH3 is 1. The zero-order valence-electron chi connectivity index (χ0n) is 15.6. The predicted molar refractivity (Wildman–Crippen MR) is 105 cm³/mol. The maximum Gasteiger partial charge on any atom is 0.339 e. The summed E-state index contributed by atoms with van der Waals surface area (Å²) < 4.78 is 32.1. The molecular formula is C17H19N3O7S2. The first-order valence-electron chi connectivity index (χ1n) is 8.10. The molecule has 2 rings (SSSR count). The molecule has 1 aromatic carbocycles. The first kappa shape index (κ1) is 22.3. The third-order valence-electron chi connectivity index (χ3n) is 3.50. The molecule has 29 heavy (non-hydrogen) atoms. The quantitative estimate of drug-likeness (QED) is 0.508. The lowest BCUT2D eigenvalue weighted by molar-refractivity contribution is -0.126. The van der Waals surface area contributed by atoms with Crippen LogP contribution in [0, 0.1) is 6.92 Å². The molecule has 2 amide bonds. The monoisotopic (exact) mass is 441 g/mol. The van der Waals surface area contributed by atoms with Gasteiger partial charge in [-0.1, -0.05) is 6.07 Å². The third kappa shape index (κ3) is 6.55. The van der Waals surface area contributed by atoms with Crippen LogP contribution in [0.4, 0.5) is 5.69 Å². The van der Waals surface area contributed by atoms with Crippen molar-refractivity contribution in [3.05, 3.63) is 40.8 Å². The van der Waals surface area contributed by atoms with Crippen LogP contribution in [-0.2, 0) is 24.3 Å². The van der Waals surface area contributed by atoms with Gasteiger partial charge in [0.25, 0.3) is 5.91 Å². The third-order valence-corrected chi connectivity index (χ3v) is 5.89. The van der Waals surface area contributed by atoms with Crippen LogP contribution in [0.25, 0.3) is 0 Å². The molecule has 0 bridgehead atoms. The SMILES string of the molecule is COc1ccc(C)cc1NC(=O)CNC(=O)COC(=O)c1csc(S(N)(=O)=O)c1. The Morgan fingerprint density at radius 3 is 2.52 bits per heavy atom. The van der Waals surface area contributed by atoms with Crippen LogP contribution in [0.3, 0.4) is 0 Å². The molecular weight excluding hydrogens is 422 g/mol. The summed E-state index contributed by atoms with van der Waals surface area (Å²) in [5, 5.41) is 11.1. The minimum absolute atomic E-state index is 0.0453. The van der Waals surface area contributed by atoms with Gasteiger partial charge in [0.05, 0.1) is 24.9 Å². The summed E-state index contributed by atoms with van der Waals surface area (Å²) in [6, 6.07) is 6.30. The number of aryl methyl sites for hydroxylation is 1. The van der Waals surface area contributed by atoms with Crippen LogP contribution in [0.15, 0.2) is 33.9 Å². The molecule has 0 saturated heterocycles. The lowest BCUT2D eigenvalue weighted by atomic mass is 10.2. The summed E-state index contributed by atoms with van der Waals surface area (Å²) in [6.07, 6.45) is 0. The highest BCUT2D eigenvalue weighted by atomic mass is 32.2. The van der Waals surface area contributed by atoms with Crippen molar-refractivity contribution in [2.75, 3.05) is 25.6 Å². The van der Waals surface area contributed by atoms with Crippen molar-refractivity contribution in [3.63, 3.8) is 0 Å². The molecule has 2 aromatic rings. The Morgan fingerprint density at radius 2 is 1.90 bits per heavy atom. The summed E-state index contributed by atoms with van der Waals surface area (Å²) >= 11 is 0.761. The fourth-order valence-electron chi connectivity index (χ4n) is 2.13. The molecule has 156 valence electrons. The number of hydrogen-bond acceptors (Lipinski definition) is 8. The number of nitrogens with one attached hydrogen (secondary N) is 2. The highest BCUT2D eigenvalue weighted by Crippen LogP contribution is 2.25. The molecule has 0 saturated carbocycles. The van der Waals surface area contributed by atoms with E-state index in [9.17, 15) is 22.8 Å². The molecule has 0 aliphatic rings. The normalized spacial score (nSPS) is 10.9. The van der Waals surface area contributed by atoms with E-state index in [1.807, 2.05) is 13.0 Å². The van der Waals surface area contributed by atoms with Crippen LogP contribution < -0.4 is 20.5 Å². The lowest BCUT2D eigenvalue weighted by Gasteiger charge is -2.11. The van der Waals surface area contributed by atoms with Gasteiger partial charge in [-0.25, -0.2) is 18.4 Å². The smallest absolute Gasteiger partial charge is 0.339 e. The summed E-state index contributed by atoms with van der Waals surface area (Å²) in [5.74, 6) is -1.62. The number of amides is 2. The number of rotatable bonds is 8. The number of anilines is 1. The van der Waals surface area contributed by atoms with Gasteiger partial charge in [-0.2, -0.15) is 0 Å². The van der Waals surface area contributed by atoms with Gasteiger partial charge in [0.1, 0.15) is 9.96 Å². The van der Waals surface area contributed by atoms with Crippen molar-refractivity contribution in [1.29, 1.82) is 0 Å². The maximum atomic E-state index is 12.0. The number of primary sulfonamides is 1. The van der Waals surface area contributed by atoms with E-state index in [1.54, 1.807) is 12.1 Å². The van der Waals surface area contributed by atoms with E-state index < -0.39 is 34.4 Å². The molecule has 1 aromatic heterocycles. The summed E-state index contributed by atoms with van der Waals surface area (Å²) in [6.45, 7) is 0.868. The maximum absolute atomic E-state index is 12.0. The number of ether oxygens (including phenoxy) is 2. The number of hydrogen-bond donors (Lipinski definition) is 3. The molecule has 10 nitrogen and oxygen atoms in total. The molecule has 1 heterocycles. The number of carbonyl (C=O) groups is 3. The Balaban J connectivity index is 1.81. The molecule has 0 radical (unpaired) electrons. The second-order valence-electron chi connectivity index (χ2n) is 5.80. The van der Waals surface area contributed by atoms with Gasteiger partial charge < -0.3 is 20.1 Å². The Labute approximate surface area is 171 Å². The van der Waals surface area contributed by atoms with Crippen LogP contribution in [0.2, 0.25) is 0 Å². The standard InChI is InChI=1S/C17H19N3O7S2/c1-10-3-4-13(26-2)12(5-10)20-14(21)7-19-15(22)8-27-17(23)11-6-16(28-9-11)29(18,24)25/h3-6,9H,7-8H2,1-2H3,(H,19,22)(H,20,21)(H2,18,24,25). The van der Waals surface area contributed by atoms with Crippen molar-refractivity contribution >= 4 is 44.8 Å². The number of benzene rings is 1. The van der Waals surface area contributed by atoms with Gasteiger partial charge >= 0.3 is 5.97 Å². The van der Waals surface area contributed by atoms with Crippen molar-refractivity contribution in [3.8, 4) is 5.75 Å². The topological polar surface area (TPSA) is 154 Å². The predicted octanol–water partition coefficient (Wildman–Crippen LogP) is 0.624. The number of thiophene rings is 1. The second-order valence-corrected chi connectivity index (χ2v) is 8.50. The largest absolute Gasteiger partial charge is 0.495 e. The van der Waals surface area contributed by atoms with Gasteiger partial charge in [0.15, 0.2) is 6.61 Å². The van der Waals surface area contributed by atoms with Gasteiger partial charge in [-0.05, 0) is 30.7 Å². The summed E-state index contributed by atoms with van der Waals surface area (Å²) in [4.78, 5) is 35.6. The van der Waals surface area contributed by atoms with E-state index in [0.29, 0.717) is 11.4 Å². The summed E-state index contributed by atoms with van der Waals surface area (Å²) in [5.41, 5.74) is 1.33. The summed E-state index contributed by atoms with van der Waals surface area (Å²) in [7, 11) is -2.45. The molecule has 0 unspecified atom stereocenters. The zero-order valence-corrected chi connectivity index (χ0v) is 17.2. The minimum atomic E-state index is -3.92. The van der Waals surface area contributed by atoms with E-state index in [0.717, 1.165) is 23.0 Å². The van der Waals surface area contributed by atoms with Gasteiger partial charge in [0.2, 0.25) is 15.9 Å². The van der Waals surface area contributed by atoms with Crippen molar-refractivity contribution < 1.29 is 32.3 Å². The van der Waals surface area contributed by atoms with Gasteiger partial charge in [0, 0.05) is 5.38 Å². The fraction of sp³-hybridized carbons (Fsp3) is 0.235. The highest BCUT2D eigenvalue weighted by molar-refractivity contribution is 7.91. The zero-order chi connectivity index (χ0) is 21.6. The van der Waals surface area contributed by atoms with Crippen molar-refractivity contribution in [1.82, 2.24) is 5.32 Å². The number of nitrogens with two attached hydrogens (primary N) is 1.